The van der Waals surface area contributed by atoms with Crippen molar-refractivity contribution in [2.45, 2.75) is 26.4 Å². The number of fused-ring (bicyclic) bond motifs is 1. The molecule has 0 atom stereocenters. The maximum atomic E-state index is 12.9. The van der Waals surface area contributed by atoms with E-state index in [0.717, 1.165) is 5.69 Å². The molecule has 32 heavy (non-hydrogen) atoms. The third-order valence-electron chi connectivity index (χ3n) is 5.62. The zero-order valence-corrected chi connectivity index (χ0v) is 18.1. The molecule has 0 bridgehead atoms. The van der Waals surface area contributed by atoms with E-state index in [1.807, 2.05) is 26.0 Å². The van der Waals surface area contributed by atoms with Crippen LogP contribution in [0, 0.1) is 0 Å². The van der Waals surface area contributed by atoms with Crippen LogP contribution in [0.3, 0.4) is 0 Å². The highest BCUT2D eigenvalue weighted by molar-refractivity contribution is 5.92. The van der Waals surface area contributed by atoms with E-state index in [9.17, 15) is 14.4 Å². The van der Waals surface area contributed by atoms with Crippen LogP contribution < -0.4 is 16.0 Å². The van der Waals surface area contributed by atoms with Gasteiger partial charge in [0.1, 0.15) is 5.69 Å². The number of carbonyl (C=O) groups excluding carboxylic acids is 1. The largest absolute Gasteiger partial charge is 0.395 e. The van der Waals surface area contributed by atoms with Gasteiger partial charge in [0.25, 0.3) is 17.0 Å². The van der Waals surface area contributed by atoms with E-state index in [1.165, 1.54) is 27.7 Å². The third-order valence-corrected chi connectivity index (χ3v) is 5.62. The van der Waals surface area contributed by atoms with E-state index in [-0.39, 0.29) is 41.9 Å². The molecule has 1 aromatic carbocycles. The van der Waals surface area contributed by atoms with Gasteiger partial charge in [-0.1, -0.05) is 0 Å². The van der Waals surface area contributed by atoms with Crippen LogP contribution in [0.4, 0.5) is 5.69 Å². The summed E-state index contributed by atoms with van der Waals surface area (Å²) < 4.78 is 2.71. The molecule has 10 nitrogen and oxygen atoms in total. The number of nitrogens with zero attached hydrogens (tertiary/aromatic N) is 6. The highest BCUT2D eigenvalue weighted by Crippen LogP contribution is 2.21. The van der Waals surface area contributed by atoms with Gasteiger partial charge in [-0.05, 0) is 38.1 Å². The fraction of sp³-hybridized carbons (Fsp3) is 0.409. The normalized spacial score (nSPS) is 14.4. The zero-order valence-electron chi connectivity index (χ0n) is 18.1. The number of hydrogen-bond acceptors (Lipinski definition) is 7. The first-order valence-electron chi connectivity index (χ1n) is 10.6. The van der Waals surface area contributed by atoms with Crippen molar-refractivity contribution in [3.05, 3.63) is 63.1 Å². The maximum absolute atomic E-state index is 12.9. The Bertz CT molecular complexity index is 1260. The Morgan fingerprint density at radius 2 is 1.84 bits per heavy atom. The molecule has 168 valence electrons. The molecule has 1 N–H and O–H groups in total. The minimum absolute atomic E-state index is 0.123. The molecule has 0 radical (unpaired) electrons. The van der Waals surface area contributed by atoms with Crippen molar-refractivity contribution < 1.29 is 9.90 Å². The van der Waals surface area contributed by atoms with Gasteiger partial charge in [-0.15, -0.1) is 0 Å². The monoisotopic (exact) mass is 438 g/mol. The standard InChI is InChI=1S/C22H26N6O4/c1-15(2)28-20(30)6-5-18(24-28)22(32)26-9-7-25(8-10-26)16-3-4-17-19(13-16)23-14-27(11-12-29)21(17)31/h3-6,13-15,29H,7-12H2,1-2H3. The summed E-state index contributed by atoms with van der Waals surface area (Å²) in [4.78, 5) is 45.5. The van der Waals surface area contributed by atoms with Crippen molar-refractivity contribution in [3.63, 3.8) is 0 Å². The average Bonchev–Trinajstić information content (AvgIpc) is 2.80. The zero-order chi connectivity index (χ0) is 22.8. The van der Waals surface area contributed by atoms with Crippen LogP contribution in [0.2, 0.25) is 0 Å². The van der Waals surface area contributed by atoms with E-state index in [4.69, 9.17) is 5.11 Å². The summed E-state index contributed by atoms with van der Waals surface area (Å²) in [5.41, 5.74) is 1.39. The fourth-order valence-corrected chi connectivity index (χ4v) is 3.85. The Morgan fingerprint density at radius 3 is 2.53 bits per heavy atom. The average molecular weight is 438 g/mol. The summed E-state index contributed by atoms with van der Waals surface area (Å²) in [6, 6.07) is 8.25. The first-order chi connectivity index (χ1) is 15.4. The number of rotatable bonds is 5. The number of aliphatic hydroxyl groups excluding tert-OH is 1. The van der Waals surface area contributed by atoms with Gasteiger partial charge < -0.3 is 14.9 Å². The Morgan fingerprint density at radius 1 is 1.09 bits per heavy atom. The lowest BCUT2D eigenvalue weighted by molar-refractivity contribution is 0.0737. The number of amides is 1. The predicted octanol–water partition coefficient (Wildman–Crippen LogP) is 0.489. The van der Waals surface area contributed by atoms with E-state index in [0.29, 0.717) is 37.1 Å². The quantitative estimate of drug-likeness (QED) is 0.617. The highest BCUT2D eigenvalue weighted by atomic mass is 16.3. The molecule has 4 rings (SSSR count). The van der Waals surface area contributed by atoms with Gasteiger partial charge in [-0.25, -0.2) is 9.67 Å². The molecule has 1 aliphatic rings. The Balaban J connectivity index is 1.48. The van der Waals surface area contributed by atoms with Crippen LogP contribution in [0.15, 0.2) is 46.2 Å². The van der Waals surface area contributed by atoms with Crippen LogP contribution in [0.5, 0.6) is 0 Å². The first-order valence-corrected chi connectivity index (χ1v) is 10.6. The second-order valence-corrected chi connectivity index (χ2v) is 8.04. The molecule has 1 fully saturated rings. The SMILES string of the molecule is CC(C)n1nc(C(=O)N2CCN(c3ccc4c(=O)n(CCO)cnc4c3)CC2)ccc1=O. The van der Waals surface area contributed by atoms with Gasteiger partial charge in [0.15, 0.2) is 0 Å². The number of carbonyl (C=O) groups is 1. The molecule has 0 spiro atoms. The number of anilines is 1. The molecular formula is C22H26N6O4. The molecule has 2 aromatic heterocycles. The van der Waals surface area contributed by atoms with Crippen molar-refractivity contribution in [2.24, 2.45) is 0 Å². The van der Waals surface area contributed by atoms with Gasteiger partial charge in [-0.3, -0.25) is 19.0 Å². The summed E-state index contributed by atoms with van der Waals surface area (Å²) in [6.45, 7) is 6.08. The number of piperazine rings is 1. The fourth-order valence-electron chi connectivity index (χ4n) is 3.85. The molecule has 1 saturated heterocycles. The van der Waals surface area contributed by atoms with Gasteiger partial charge in [-0.2, -0.15) is 5.10 Å². The third kappa shape index (κ3) is 4.13. The lowest BCUT2D eigenvalue weighted by atomic mass is 10.2. The summed E-state index contributed by atoms with van der Waals surface area (Å²) >= 11 is 0. The van der Waals surface area contributed by atoms with E-state index in [2.05, 4.69) is 15.0 Å². The van der Waals surface area contributed by atoms with Gasteiger partial charge in [0, 0.05) is 37.9 Å². The number of hydrogen-bond donors (Lipinski definition) is 1. The van der Waals surface area contributed by atoms with Gasteiger partial charge in [0.05, 0.1) is 36.4 Å². The summed E-state index contributed by atoms with van der Waals surface area (Å²) in [6.07, 6.45) is 1.45. The van der Waals surface area contributed by atoms with Crippen molar-refractivity contribution in [1.29, 1.82) is 0 Å². The summed E-state index contributed by atoms with van der Waals surface area (Å²) in [7, 11) is 0. The molecule has 0 aliphatic carbocycles. The number of aliphatic hydroxyl groups is 1. The smallest absolute Gasteiger partial charge is 0.274 e. The van der Waals surface area contributed by atoms with E-state index in [1.54, 1.807) is 11.0 Å². The summed E-state index contributed by atoms with van der Waals surface area (Å²) in [5, 5.41) is 13.8. The van der Waals surface area contributed by atoms with Crippen LogP contribution in [-0.4, -0.2) is 68.0 Å². The van der Waals surface area contributed by atoms with Gasteiger partial charge >= 0.3 is 0 Å². The Kier molecular flexibility index (Phi) is 6.04. The van der Waals surface area contributed by atoms with Crippen molar-refractivity contribution >= 4 is 22.5 Å². The van der Waals surface area contributed by atoms with Crippen molar-refractivity contribution in [3.8, 4) is 0 Å². The second-order valence-electron chi connectivity index (χ2n) is 8.04. The molecular weight excluding hydrogens is 412 g/mol. The second kappa shape index (κ2) is 8.91. The van der Waals surface area contributed by atoms with Crippen LogP contribution in [0.25, 0.3) is 10.9 Å². The van der Waals surface area contributed by atoms with Crippen molar-refractivity contribution in [1.82, 2.24) is 24.2 Å². The van der Waals surface area contributed by atoms with E-state index < -0.39 is 0 Å². The molecule has 3 heterocycles. The van der Waals surface area contributed by atoms with E-state index >= 15 is 0 Å². The molecule has 3 aromatic rings. The molecule has 1 amide bonds. The highest BCUT2D eigenvalue weighted by Gasteiger charge is 2.24. The number of aromatic nitrogens is 4. The molecule has 0 unspecified atom stereocenters. The molecule has 10 heteroatoms. The van der Waals surface area contributed by atoms with Crippen molar-refractivity contribution in [2.75, 3.05) is 37.7 Å². The summed E-state index contributed by atoms with van der Waals surface area (Å²) in [5.74, 6) is -0.191. The molecule has 1 aliphatic heterocycles. The van der Waals surface area contributed by atoms with Gasteiger partial charge in [0.2, 0.25) is 0 Å². The van der Waals surface area contributed by atoms with Crippen LogP contribution >= 0.6 is 0 Å². The predicted molar refractivity (Wildman–Crippen MR) is 120 cm³/mol. The first kappa shape index (κ1) is 21.7. The number of benzene rings is 1. The minimum Gasteiger partial charge on any atom is -0.395 e. The molecule has 0 saturated carbocycles. The van der Waals surface area contributed by atoms with Crippen LogP contribution in [0.1, 0.15) is 30.4 Å². The Hall–Kier alpha value is -3.53. The Labute approximate surface area is 184 Å². The lowest BCUT2D eigenvalue weighted by Crippen LogP contribution is -2.49. The lowest BCUT2D eigenvalue weighted by Gasteiger charge is -2.36. The maximum Gasteiger partial charge on any atom is 0.274 e. The minimum atomic E-state index is -0.227. The van der Waals surface area contributed by atoms with Crippen LogP contribution in [-0.2, 0) is 6.54 Å². The topological polar surface area (TPSA) is 114 Å².